The molecular weight excluding hydrogens is 350 g/mol. The van der Waals surface area contributed by atoms with Crippen molar-refractivity contribution in [2.24, 2.45) is 5.41 Å². The summed E-state index contributed by atoms with van der Waals surface area (Å²) in [5.74, 6) is 1.69. The highest BCUT2D eigenvalue weighted by Gasteiger charge is 2.45. The third-order valence-electron chi connectivity index (χ3n) is 5.69. The van der Waals surface area contributed by atoms with E-state index in [0.717, 1.165) is 46.4 Å². The van der Waals surface area contributed by atoms with Gasteiger partial charge in [-0.1, -0.05) is 44.2 Å². The number of nitrogens with zero attached hydrogens (tertiary/aromatic N) is 4. The molecule has 28 heavy (non-hydrogen) atoms. The molecule has 0 saturated carbocycles. The van der Waals surface area contributed by atoms with Crippen molar-refractivity contribution in [2.75, 3.05) is 5.32 Å². The standard InChI is InChI=1S/C22H23N5O/c1-13-10-14(2)27-21(23-13)26-19(15-8-6-5-7-9-15)18-16(24-20(26)25-27)11-22(3,4)12-17(18)28/h5-10,19H,11-12H2,1-4H3/p+1/t19-/m1/s1. The maximum absolute atomic E-state index is 13.3. The number of Topliss-reactive ketones (excluding diaryl/α,β-unsaturated/α-hetero) is 1. The van der Waals surface area contributed by atoms with Gasteiger partial charge in [-0.25, -0.2) is 0 Å². The number of hydrogen-bond donors (Lipinski definition) is 1. The lowest BCUT2D eigenvalue weighted by Gasteiger charge is -2.36. The van der Waals surface area contributed by atoms with Gasteiger partial charge in [0.2, 0.25) is 0 Å². The summed E-state index contributed by atoms with van der Waals surface area (Å²) in [5, 5.41) is 8.26. The number of carbonyl (C=O) groups is 1. The zero-order valence-corrected chi connectivity index (χ0v) is 16.7. The van der Waals surface area contributed by atoms with Crippen molar-refractivity contribution in [3.8, 4) is 0 Å². The van der Waals surface area contributed by atoms with Gasteiger partial charge in [0.15, 0.2) is 5.78 Å². The van der Waals surface area contributed by atoms with E-state index in [1.54, 1.807) is 0 Å². The van der Waals surface area contributed by atoms with Crippen LogP contribution in [0, 0.1) is 19.3 Å². The number of fused-ring (bicyclic) bond motifs is 3. The molecule has 1 aliphatic heterocycles. The minimum atomic E-state index is -0.220. The lowest BCUT2D eigenvalue weighted by atomic mass is 9.73. The molecule has 2 aliphatic rings. The molecule has 3 heterocycles. The monoisotopic (exact) mass is 374 g/mol. The van der Waals surface area contributed by atoms with Crippen LogP contribution in [0.2, 0.25) is 0 Å². The van der Waals surface area contributed by atoms with Crippen LogP contribution in [0.5, 0.6) is 0 Å². The van der Waals surface area contributed by atoms with E-state index in [2.05, 4.69) is 35.9 Å². The minimum Gasteiger partial charge on any atom is -0.294 e. The van der Waals surface area contributed by atoms with Crippen molar-refractivity contribution < 1.29 is 9.36 Å². The summed E-state index contributed by atoms with van der Waals surface area (Å²) in [6.07, 6.45) is 1.38. The molecule has 0 saturated heterocycles. The molecule has 6 heteroatoms. The molecule has 142 valence electrons. The Morgan fingerprint density at radius 2 is 1.93 bits per heavy atom. The Labute approximate surface area is 163 Å². The average molecular weight is 374 g/mol. The summed E-state index contributed by atoms with van der Waals surface area (Å²) in [7, 11) is 0. The summed E-state index contributed by atoms with van der Waals surface area (Å²) in [6, 6.07) is 12.0. The molecule has 5 rings (SSSR count). The van der Waals surface area contributed by atoms with Gasteiger partial charge in [0.1, 0.15) is 6.04 Å². The van der Waals surface area contributed by atoms with Crippen LogP contribution < -0.4 is 9.88 Å². The van der Waals surface area contributed by atoms with E-state index in [-0.39, 0.29) is 17.2 Å². The second-order valence-corrected chi connectivity index (χ2v) is 8.72. The zero-order chi connectivity index (χ0) is 19.6. The van der Waals surface area contributed by atoms with Crippen LogP contribution in [0.15, 0.2) is 47.7 Å². The number of ketones is 1. The van der Waals surface area contributed by atoms with E-state index in [4.69, 9.17) is 10.1 Å². The van der Waals surface area contributed by atoms with Gasteiger partial charge in [-0.05, 0) is 24.8 Å². The number of anilines is 1. The fourth-order valence-electron chi connectivity index (χ4n) is 4.58. The summed E-state index contributed by atoms with van der Waals surface area (Å²) >= 11 is 0. The maximum atomic E-state index is 13.3. The van der Waals surface area contributed by atoms with Gasteiger partial charge in [0.25, 0.3) is 0 Å². The van der Waals surface area contributed by atoms with Crippen LogP contribution in [0.25, 0.3) is 5.78 Å². The molecule has 0 fully saturated rings. The van der Waals surface area contributed by atoms with E-state index in [1.807, 2.05) is 42.6 Å². The Balaban J connectivity index is 1.82. The summed E-state index contributed by atoms with van der Waals surface area (Å²) in [6.45, 7) is 8.31. The minimum absolute atomic E-state index is 0.0593. The molecule has 1 atom stereocenters. The Bertz CT molecular complexity index is 1160. The van der Waals surface area contributed by atoms with Crippen LogP contribution in [-0.2, 0) is 4.79 Å². The third kappa shape index (κ3) is 2.47. The first-order chi connectivity index (χ1) is 13.3. The molecular formula is C22H24N5O+. The highest BCUT2D eigenvalue weighted by atomic mass is 16.1. The average Bonchev–Trinajstić information content (AvgIpc) is 2.98. The van der Waals surface area contributed by atoms with Gasteiger partial charge >= 0.3 is 11.7 Å². The highest BCUT2D eigenvalue weighted by molar-refractivity contribution is 5.99. The molecule has 0 bridgehead atoms. The Hall–Kier alpha value is -3.02. The quantitative estimate of drug-likeness (QED) is 0.664. The second-order valence-electron chi connectivity index (χ2n) is 8.72. The van der Waals surface area contributed by atoms with Gasteiger partial charge in [0.05, 0.1) is 22.7 Å². The topological polar surface area (TPSA) is 63.2 Å². The van der Waals surface area contributed by atoms with Crippen molar-refractivity contribution in [3.63, 3.8) is 0 Å². The van der Waals surface area contributed by atoms with E-state index in [9.17, 15) is 4.79 Å². The molecule has 1 aromatic carbocycles. The van der Waals surface area contributed by atoms with Gasteiger partial charge in [-0.15, -0.1) is 9.50 Å². The van der Waals surface area contributed by atoms with Crippen molar-refractivity contribution in [1.29, 1.82) is 0 Å². The van der Waals surface area contributed by atoms with Gasteiger partial charge in [-0.3, -0.25) is 10.1 Å². The summed E-state index contributed by atoms with van der Waals surface area (Å²) in [5.41, 5.74) is 4.81. The highest BCUT2D eigenvalue weighted by Crippen LogP contribution is 2.43. The Morgan fingerprint density at radius 3 is 2.68 bits per heavy atom. The third-order valence-corrected chi connectivity index (χ3v) is 5.69. The van der Waals surface area contributed by atoms with Crippen LogP contribution in [-0.4, -0.2) is 20.4 Å². The number of carbonyl (C=O) groups excluding carboxylic acids is 1. The number of aryl methyl sites for hydroxylation is 2. The predicted octanol–water partition coefficient (Wildman–Crippen LogP) is 3.29. The molecule has 2 aromatic heterocycles. The first-order valence-corrected chi connectivity index (χ1v) is 9.71. The molecule has 3 aromatic rings. The lowest BCUT2D eigenvalue weighted by molar-refractivity contribution is -0.670. The van der Waals surface area contributed by atoms with Crippen LogP contribution in [0.4, 0.5) is 5.95 Å². The van der Waals surface area contributed by atoms with Crippen LogP contribution >= 0.6 is 0 Å². The summed E-state index contributed by atoms with van der Waals surface area (Å²) < 4.78 is 3.93. The largest absolute Gasteiger partial charge is 0.359 e. The van der Waals surface area contributed by atoms with Crippen molar-refractivity contribution in [2.45, 2.75) is 46.6 Å². The van der Waals surface area contributed by atoms with Crippen molar-refractivity contribution >= 4 is 17.5 Å². The normalized spacial score (nSPS) is 20.7. The molecule has 0 spiro atoms. The molecule has 1 aliphatic carbocycles. The first kappa shape index (κ1) is 17.1. The van der Waals surface area contributed by atoms with E-state index in [0.29, 0.717) is 6.42 Å². The lowest BCUT2D eigenvalue weighted by Crippen LogP contribution is -2.50. The maximum Gasteiger partial charge on any atom is 0.359 e. The predicted molar refractivity (Wildman–Crippen MR) is 106 cm³/mol. The summed E-state index contributed by atoms with van der Waals surface area (Å²) in [4.78, 5) is 18.0. The number of hydrogen-bond acceptors (Lipinski definition) is 4. The zero-order valence-electron chi connectivity index (χ0n) is 16.7. The number of benzene rings is 1. The molecule has 1 N–H and O–H groups in total. The fraction of sp³-hybridized carbons (Fsp3) is 0.364. The van der Waals surface area contributed by atoms with Crippen molar-refractivity contribution in [3.05, 3.63) is 64.6 Å². The van der Waals surface area contributed by atoms with Gasteiger partial charge in [-0.2, -0.15) is 4.57 Å². The first-order valence-electron chi connectivity index (χ1n) is 9.71. The smallest absolute Gasteiger partial charge is 0.294 e. The molecule has 0 radical (unpaired) electrons. The van der Waals surface area contributed by atoms with Crippen LogP contribution in [0.3, 0.4) is 0 Å². The number of aromatic nitrogens is 4. The SMILES string of the molecule is Cc1cc(C)n2nc3[n+](c2n1)[C@H](c1ccccc1)C1=C(CC(C)(C)CC1=O)N3. The fourth-order valence-corrected chi connectivity index (χ4v) is 4.58. The van der Waals surface area contributed by atoms with Gasteiger partial charge < -0.3 is 0 Å². The van der Waals surface area contributed by atoms with E-state index in [1.165, 1.54) is 0 Å². The number of nitrogens with one attached hydrogen (secondary N) is 1. The Kier molecular flexibility index (Phi) is 3.50. The van der Waals surface area contributed by atoms with Crippen LogP contribution in [0.1, 0.15) is 49.7 Å². The van der Waals surface area contributed by atoms with Gasteiger partial charge in [0, 0.05) is 24.0 Å². The molecule has 0 unspecified atom stereocenters. The molecule has 6 nitrogen and oxygen atoms in total. The Morgan fingerprint density at radius 1 is 1.18 bits per heavy atom. The number of allylic oxidation sites excluding steroid dienone is 2. The van der Waals surface area contributed by atoms with E-state index >= 15 is 0 Å². The van der Waals surface area contributed by atoms with E-state index < -0.39 is 0 Å². The number of rotatable bonds is 1. The molecule has 0 amide bonds. The second kappa shape index (κ2) is 5.74. The van der Waals surface area contributed by atoms with Crippen molar-refractivity contribution in [1.82, 2.24) is 14.6 Å².